The second-order valence-electron chi connectivity index (χ2n) is 2.55. The smallest absolute Gasteiger partial charge is 0.390 e. The average molecular weight is 195 g/mol. The number of hydrogen-bond donors (Lipinski definition) is 1. The maximum atomic E-state index is 11.9. The molecule has 1 aromatic rings. The predicted molar refractivity (Wildman–Crippen MR) is 36.7 cm³/mol. The van der Waals surface area contributed by atoms with Crippen LogP contribution >= 0.6 is 0 Å². The highest BCUT2D eigenvalue weighted by atomic mass is 19.4. The zero-order valence-corrected chi connectivity index (χ0v) is 6.84. The van der Waals surface area contributed by atoms with E-state index in [2.05, 4.69) is 10.3 Å². The molecule has 0 atom stereocenters. The minimum Gasteiger partial charge on any atom is -0.390 e. The van der Waals surface area contributed by atoms with Crippen molar-refractivity contribution in [3.8, 4) is 0 Å². The topological polar surface area (TPSA) is 50.9 Å². The third-order valence-electron chi connectivity index (χ3n) is 1.56. The van der Waals surface area contributed by atoms with Crippen molar-refractivity contribution < 1.29 is 18.3 Å². The molecular formula is C6H8F3N3O. The van der Waals surface area contributed by atoms with E-state index in [0.29, 0.717) is 4.68 Å². The highest BCUT2D eigenvalue weighted by Gasteiger charge is 2.29. The molecule has 1 aromatic heterocycles. The summed E-state index contributed by atoms with van der Waals surface area (Å²) in [6.45, 7) is -0.146. The molecule has 0 spiro atoms. The van der Waals surface area contributed by atoms with Gasteiger partial charge in [0.25, 0.3) is 0 Å². The van der Waals surface area contributed by atoms with E-state index in [1.807, 2.05) is 0 Å². The number of halogens is 3. The molecule has 13 heavy (non-hydrogen) atoms. The van der Waals surface area contributed by atoms with Gasteiger partial charge in [-0.25, -0.2) is 4.68 Å². The van der Waals surface area contributed by atoms with Crippen molar-refractivity contribution in [3.05, 3.63) is 11.4 Å². The summed E-state index contributed by atoms with van der Waals surface area (Å²) in [4.78, 5) is 0. The molecule has 74 valence electrons. The number of aliphatic hydroxyl groups is 1. The van der Waals surface area contributed by atoms with Gasteiger partial charge >= 0.3 is 6.18 Å². The predicted octanol–water partition coefficient (Wildman–Crippen LogP) is 0.641. The highest BCUT2D eigenvalue weighted by molar-refractivity contribution is 5.06. The summed E-state index contributed by atoms with van der Waals surface area (Å²) in [5.74, 6) is 0. The van der Waals surface area contributed by atoms with E-state index < -0.39 is 19.3 Å². The van der Waals surface area contributed by atoms with E-state index in [0.717, 1.165) is 0 Å². The SMILES string of the molecule is Cc1c(CO)nnn1CC(F)(F)F. The van der Waals surface area contributed by atoms with Crippen molar-refractivity contribution in [2.24, 2.45) is 0 Å². The van der Waals surface area contributed by atoms with Crippen molar-refractivity contribution in [2.45, 2.75) is 26.3 Å². The lowest BCUT2D eigenvalue weighted by molar-refractivity contribution is -0.143. The first-order valence-electron chi connectivity index (χ1n) is 3.50. The van der Waals surface area contributed by atoms with Crippen molar-refractivity contribution in [2.75, 3.05) is 0 Å². The van der Waals surface area contributed by atoms with Crippen LogP contribution in [0.3, 0.4) is 0 Å². The Kier molecular flexibility index (Phi) is 2.55. The third kappa shape index (κ3) is 2.41. The summed E-state index contributed by atoms with van der Waals surface area (Å²) in [6.07, 6.45) is -4.31. The Hall–Kier alpha value is -1.11. The Morgan fingerprint density at radius 3 is 2.46 bits per heavy atom. The number of nitrogens with zero attached hydrogens (tertiary/aromatic N) is 3. The standard InChI is InChI=1S/C6H8F3N3O/c1-4-5(2-13)10-11-12(4)3-6(7,8)9/h13H,2-3H2,1H3. The summed E-state index contributed by atoms with van der Waals surface area (Å²) < 4.78 is 36.4. The Bertz CT molecular complexity index is 294. The Labute approximate surface area is 72.0 Å². The molecule has 4 nitrogen and oxygen atoms in total. The summed E-state index contributed by atoms with van der Waals surface area (Å²) in [5, 5.41) is 15.3. The van der Waals surface area contributed by atoms with Crippen molar-refractivity contribution in [3.63, 3.8) is 0 Å². The number of aromatic nitrogens is 3. The molecule has 0 radical (unpaired) electrons. The van der Waals surface area contributed by atoms with Gasteiger partial charge in [0, 0.05) is 0 Å². The van der Waals surface area contributed by atoms with Gasteiger partial charge in [0.1, 0.15) is 12.2 Å². The Morgan fingerprint density at radius 1 is 1.46 bits per heavy atom. The van der Waals surface area contributed by atoms with Crippen molar-refractivity contribution in [1.82, 2.24) is 15.0 Å². The molecule has 1 heterocycles. The van der Waals surface area contributed by atoms with Crippen LogP contribution in [0.4, 0.5) is 13.2 Å². The van der Waals surface area contributed by atoms with Crippen LogP contribution in [0.15, 0.2) is 0 Å². The fraction of sp³-hybridized carbons (Fsp3) is 0.667. The summed E-state index contributed by atoms with van der Waals surface area (Å²) in [6, 6.07) is 0. The zero-order chi connectivity index (χ0) is 10.1. The van der Waals surface area contributed by atoms with Crippen LogP contribution in [0, 0.1) is 6.92 Å². The first-order chi connectivity index (χ1) is 5.94. The molecule has 0 unspecified atom stereocenters. The van der Waals surface area contributed by atoms with Gasteiger partial charge < -0.3 is 5.11 Å². The molecule has 0 saturated heterocycles. The highest BCUT2D eigenvalue weighted by Crippen LogP contribution is 2.18. The molecule has 0 aliphatic rings. The monoisotopic (exact) mass is 195 g/mol. The van der Waals surface area contributed by atoms with Crippen molar-refractivity contribution >= 4 is 0 Å². The second kappa shape index (κ2) is 3.33. The van der Waals surface area contributed by atoms with Crippen LogP contribution in [0.2, 0.25) is 0 Å². The molecule has 0 bridgehead atoms. The van der Waals surface area contributed by atoms with Gasteiger partial charge in [-0.05, 0) is 6.92 Å². The molecule has 1 N–H and O–H groups in total. The van der Waals surface area contributed by atoms with Crippen LogP contribution in [0.1, 0.15) is 11.4 Å². The third-order valence-corrected chi connectivity index (χ3v) is 1.56. The van der Waals surface area contributed by atoms with E-state index in [1.165, 1.54) is 6.92 Å². The average Bonchev–Trinajstić information content (AvgIpc) is 2.30. The summed E-state index contributed by atoms with van der Waals surface area (Å²) >= 11 is 0. The Morgan fingerprint density at radius 2 is 2.08 bits per heavy atom. The first kappa shape index (κ1) is 9.97. The van der Waals surface area contributed by atoms with Gasteiger partial charge in [0.15, 0.2) is 0 Å². The maximum Gasteiger partial charge on any atom is 0.408 e. The lowest BCUT2D eigenvalue weighted by Crippen LogP contribution is -2.19. The van der Waals surface area contributed by atoms with Gasteiger partial charge in [-0.2, -0.15) is 13.2 Å². The largest absolute Gasteiger partial charge is 0.408 e. The van der Waals surface area contributed by atoms with Gasteiger partial charge in [0.2, 0.25) is 0 Å². The lowest BCUT2D eigenvalue weighted by Gasteiger charge is -2.06. The van der Waals surface area contributed by atoms with Gasteiger partial charge in [-0.3, -0.25) is 0 Å². The van der Waals surface area contributed by atoms with Crippen LogP contribution in [0.25, 0.3) is 0 Å². The van der Waals surface area contributed by atoms with Gasteiger partial charge in [-0.15, -0.1) is 5.10 Å². The second-order valence-corrected chi connectivity index (χ2v) is 2.55. The summed E-state index contributed by atoms with van der Waals surface area (Å²) in [7, 11) is 0. The van der Waals surface area contributed by atoms with E-state index in [1.54, 1.807) is 0 Å². The van der Waals surface area contributed by atoms with E-state index in [-0.39, 0.29) is 11.4 Å². The minimum absolute atomic E-state index is 0.171. The van der Waals surface area contributed by atoms with E-state index in [4.69, 9.17) is 5.11 Å². The molecule has 0 amide bonds. The molecule has 0 aliphatic heterocycles. The van der Waals surface area contributed by atoms with E-state index in [9.17, 15) is 13.2 Å². The first-order valence-corrected chi connectivity index (χ1v) is 3.50. The molecular weight excluding hydrogens is 187 g/mol. The number of rotatable bonds is 2. The fourth-order valence-electron chi connectivity index (χ4n) is 0.862. The zero-order valence-electron chi connectivity index (χ0n) is 6.84. The maximum absolute atomic E-state index is 11.9. The Balaban J connectivity index is 2.84. The molecule has 0 saturated carbocycles. The molecule has 0 aromatic carbocycles. The van der Waals surface area contributed by atoms with E-state index >= 15 is 0 Å². The molecule has 0 aliphatic carbocycles. The van der Waals surface area contributed by atoms with Crippen LogP contribution < -0.4 is 0 Å². The lowest BCUT2D eigenvalue weighted by atomic mass is 10.3. The number of aliphatic hydroxyl groups excluding tert-OH is 1. The van der Waals surface area contributed by atoms with Gasteiger partial charge in [-0.1, -0.05) is 5.21 Å². The van der Waals surface area contributed by atoms with Gasteiger partial charge in [0.05, 0.1) is 12.3 Å². The van der Waals surface area contributed by atoms with Crippen LogP contribution in [-0.2, 0) is 13.2 Å². The molecule has 1 rings (SSSR count). The normalized spacial score (nSPS) is 12.1. The molecule has 7 heteroatoms. The van der Waals surface area contributed by atoms with Crippen molar-refractivity contribution in [1.29, 1.82) is 0 Å². The fourth-order valence-corrected chi connectivity index (χ4v) is 0.862. The molecule has 0 fully saturated rings. The minimum atomic E-state index is -4.31. The summed E-state index contributed by atoms with van der Waals surface area (Å²) in [5.41, 5.74) is 0.407. The number of alkyl halides is 3. The quantitative estimate of drug-likeness (QED) is 0.753. The number of hydrogen-bond acceptors (Lipinski definition) is 3. The van der Waals surface area contributed by atoms with Crippen LogP contribution in [-0.4, -0.2) is 26.3 Å². The van der Waals surface area contributed by atoms with Crippen LogP contribution in [0.5, 0.6) is 0 Å².